The lowest BCUT2D eigenvalue weighted by molar-refractivity contribution is -0.0274. The Balaban J connectivity index is 1.87. The fraction of sp³-hybridized carbons (Fsp3) is 0.727. The van der Waals surface area contributed by atoms with Crippen molar-refractivity contribution in [2.24, 2.45) is 5.73 Å². The van der Waals surface area contributed by atoms with Crippen molar-refractivity contribution in [1.29, 1.82) is 0 Å². The quantitative estimate of drug-likeness (QED) is 0.764. The van der Waals surface area contributed by atoms with Crippen LogP contribution in [0.3, 0.4) is 0 Å². The van der Waals surface area contributed by atoms with Gasteiger partial charge in [-0.3, -0.25) is 0 Å². The van der Waals surface area contributed by atoms with Gasteiger partial charge in [-0.2, -0.15) is 0 Å². The molecule has 2 heterocycles. The van der Waals surface area contributed by atoms with Crippen LogP contribution >= 0.6 is 0 Å². The molecule has 1 aromatic heterocycles. The fourth-order valence-corrected chi connectivity index (χ4v) is 2.00. The van der Waals surface area contributed by atoms with E-state index in [0.29, 0.717) is 6.54 Å². The molecule has 2 rings (SSSR count). The Kier molecular flexibility index (Phi) is 3.93. The fourth-order valence-electron chi connectivity index (χ4n) is 2.00. The first kappa shape index (κ1) is 11.6. The summed E-state index contributed by atoms with van der Waals surface area (Å²) in [7, 11) is 2.13. The number of rotatable bonds is 4. The number of aromatic nitrogens is 2. The molecule has 1 unspecified atom stereocenters. The number of imidazole rings is 1. The normalized spacial score (nSPS) is 22.5. The van der Waals surface area contributed by atoms with Gasteiger partial charge in [0, 0.05) is 25.7 Å². The topological polar surface area (TPSA) is 56.3 Å². The maximum atomic E-state index is 5.71. The van der Waals surface area contributed by atoms with Gasteiger partial charge in [-0.25, -0.2) is 4.98 Å². The molecule has 5 heteroatoms. The van der Waals surface area contributed by atoms with Gasteiger partial charge in [-0.15, -0.1) is 0 Å². The molecule has 16 heavy (non-hydrogen) atoms. The summed E-state index contributed by atoms with van der Waals surface area (Å²) < 4.78 is 7.80. The monoisotopic (exact) mass is 224 g/mol. The number of hydrogen-bond donors (Lipinski definition) is 1. The Morgan fingerprint density at radius 3 is 3.25 bits per heavy atom. The Morgan fingerprint density at radius 1 is 1.62 bits per heavy atom. The highest BCUT2D eigenvalue weighted by molar-refractivity contribution is 4.97. The van der Waals surface area contributed by atoms with Crippen LogP contribution in [0.1, 0.15) is 5.69 Å². The average Bonchev–Trinajstić information content (AvgIpc) is 2.66. The van der Waals surface area contributed by atoms with Crippen molar-refractivity contribution in [1.82, 2.24) is 14.5 Å². The second kappa shape index (κ2) is 5.43. The SMILES string of the molecule is CN1CCOC(Cn2cnc(CCN)c2)C1. The van der Waals surface area contributed by atoms with Crippen molar-refractivity contribution in [3.05, 3.63) is 18.2 Å². The van der Waals surface area contributed by atoms with E-state index < -0.39 is 0 Å². The number of nitrogens with zero attached hydrogens (tertiary/aromatic N) is 3. The standard InChI is InChI=1S/C11H20N4O/c1-14-4-5-16-11(7-14)8-15-6-10(2-3-12)13-9-15/h6,9,11H,2-5,7-8,12H2,1H3. The maximum Gasteiger partial charge on any atom is 0.0950 e. The predicted molar refractivity (Wildman–Crippen MR) is 62.2 cm³/mol. The molecule has 0 amide bonds. The van der Waals surface area contributed by atoms with Crippen LogP contribution in [0.15, 0.2) is 12.5 Å². The van der Waals surface area contributed by atoms with Gasteiger partial charge in [0.25, 0.3) is 0 Å². The Bertz CT molecular complexity index is 326. The number of ether oxygens (including phenoxy) is 1. The van der Waals surface area contributed by atoms with Crippen molar-refractivity contribution >= 4 is 0 Å². The Labute approximate surface area is 96.2 Å². The molecule has 90 valence electrons. The molecule has 1 aliphatic heterocycles. The van der Waals surface area contributed by atoms with E-state index in [0.717, 1.165) is 38.4 Å². The summed E-state index contributed by atoms with van der Waals surface area (Å²) in [5.74, 6) is 0. The minimum Gasteiger partial charge on any atom is -0.374 e. The highest BCUT2D eigenvalue weighted by atomic mass is 16.5. The molecule has 2 N–H and O–H groups in total. The van der Waals surface area contributed by atoms with Gasteiger partial charge in [-0.1, -0.05) is 0 Å². The lowest BCUT2D eigenvalue weighted by atomic mass is 10.3. The molecule has 1 aliphatic rings. The molecular weight excluding hydrogens is 204 g/mol. The molecule has 1 atom stereocenters. The molecule has 0 aliphatic carbocycles. The van der Waals surface area contributed by atoms with Crippen molar-refractivity contribution in [3.63, 3.8) is 0 Å². The smallest absolute Gasteiger partial charge is 0.0950 e. The minimum atomic E-state index is 0.277. The first-order valence-electron chi connectivity index (χ1n) is 5.79. The third kappa shape index (κ3) is 3.04. The number of morpholine rings is 1. The highest BCUT2D eigenvalue weighted by Crippen LogP contribution is 2.06. The van der Waals surface area contributed by atoms with Gasteiger partial charge in [0.2, 0.25) is 0 Å². The van der Waals surface area contributed by atoms with Crippen LogP contribution in [-0.4, -0.2) is 53.8 Å². The van der Waals surface area contributed by atoms with Crippen LogP contribution in [-0.2, 0) is 17.7 Å². The van der Waals surface area contributed by atoms with Gasteiger partial charge < -0.3 is 19.9 Å². The lowest BCUT2D eigenvalue weighted by Gasteiger charge is -2.30. The van der Waals surface area contributed by atoms with Crippen molar-refractivity contribution in [3.8, 4) is 0 Å². The second-order valence-electron chi connectivity index (χ2n) is 4.36. The van der Waals surface area contributed by atoms with E-state index >= 15 is 0 Å². The molecule has 5 nitrogen and oxygen atoms in total. The van der Waals surface area contributed by atoms with Crippen LogP contribution < -0.4 is 5.73 Å². The van der Waals surface area contributed by atoms with E-state index in [9.17, 15) is 0 Å². The average molecular weight is 224 g/mol. The molecule has 0 saturated carbocycles. The minimum absolute atomic E-state index is 0.277. The Morgan fingerprint density at radius 2 is 2.50 bits per heavy atom. The van der Waals surface area contributed by atoms with Crippen LogP contribution in [0.5, 0.6) is 0 Å². The summed E-state index contributed by atoms with van der Waals surface area (Å²) in [5.41, 5.74) is 6.55. The van der Waals surface area contributed by atoms with Crippen molar-refractivity contribution in [2.45, 2.75) is 19.1 Å². The molecule has 1 saturated heterocycles. The predicted octanol–water partition coefficient (Wildman–Crippen LogP) is -0.285. The first-order valence-corrected chi connectivity index (χ1v) is 5.79. The molecule has 1 fully saturated rings. The van der Waals surface area contributed by atoms with Gasteiger partial charge in [0.15, 0.2) is 0 Å². The van der Waals surface area contributed by atoms with E-state index in [1.807, 2.05) is 6.33 Å². The van der Waals surface area contributed by atoms with E-state index in [2.05, 4.69) is 27.7 Å². The molecule has 0 spiro atoms. The summed E-state index contributed by atoms with van der Waals surface area (Å²) in [4.78, 5) is 6.60. The van der Waals surface area contributed by atoms with Crippen LogP contribution in [0.25, 0.3) is 0 Å². The maximum absolute atomic E-state index is 5.71. The highest BCUT2D eigenvalue weighted by Gasteiger charge is 2.17. The second-order valence-corrected chi connectivity index (χ2v) is 4.36. The van der Waals surface area contributed by atoms with E-state index in [-0.39, 0.29) is 6.10 Å². The Hall–Kier alpha value is -0.910. The zero-order chi connectivity index (χ0) is 11.4. The summed E-state index contributed by atoms with van der Waals surface area (Å²) in [6.45, 7) is 4.37. The zero-order valence-electron chi connectivity index (χ0n) is 9.80. The van der Waals surface area contributed by atoms with Gasteiger partial charge in [-0.05, 0) is 13.6 Å². The third-order valence-electron chi connectivity index (χ3n) is 2.84. The first-order chi connectivity index (χ1) is 7.78. The van der Waals surface area contributed by atoms with E-state index in [4.69, 9.17) is 10.5 Å². The van der Waals surface area contributed by atoms with Crippen LogP contribution in [0.4, 0.5) is 0 Å². The van der Waals surface area contributed by atoms with Crippen molar-refractivity contribution in [2.75, 3.05) is 33.3 Å². The molecule has 0 bridgehead atoms. The zero-order valence-corrected chi connectivity index (χ0v) is 9.80. The summed E-state index contributed by atoms with van der Waals surface area (Å²) in [6.07, 6.45) is 5.05. The molecule has 0 aromatic carbocycles. The van der Waals surface area contributed by atoms with Gasteiger partial charge in [0.1, 0.15) is 0 Å². The van der Waals surface area contributed by atoms with Gasteiger partial charge in [0.05, 0.1) is 31.3 Å². The summed E-state index contributed by atoms with van der Waals surface area (Å²) >= 11 is 0. The number of hydrogen-bond acceptors (Lipinski definition) is 4. The largest absolute Gasteiger partial charge is 0.374 e. The number of likely N-dealkylation sites (N-methyl/N-ethyl adjacent to an activating group) is 1. The molecular formula is C11H20N4O. The summed E-state index contributed by atoms with van der Waals surface area (Å²) in [5, 5.41) is 0. The van der Waals surface area contributed by atoms with Crippen LogP contribution in [0.2, 0.25) is 0 Å². The van der Waals surface area contributed by atoms with Gasteiger partial charge >= 0.3 is 0 Å². The lowest BCUT2D eigenvalue weighted by Crippen LogP contribution is -2.41. The van der Waals surface area contributed by atoms with E-state index in [1.165, 1.54) is 0 Å². The van der Waals surface area contributed by atoms with Crippen LogP contribution in [0, 0.1) is 0 Å². The number of nitrogens with two attached hydrogens (primary N) is 1. The summed E-state index contributed by atoms with van der Waals surface area (Å²) in [6, 6.07) is 0. The van der Waals surface area contributed by atoms with E-state index in [1.54, 1.807) is 0 Å². The third-order valence-corrected chi connectivity index (χ3v) is 2.84. The molecule has 0 radical (unpaired) electrons. The van der Waals surface area contributed by atoms with Crippen molar-refractivity contribution < 1.29 is 4.74 Å². The molecule has 1 aromatic rings.